The largest absolute Gasteiger partial charge is 0.329 e. The van der Waals surface area contributed by atoms with Crippen molar-refractivity contribution >= 4 is 17.7 Å². The van der Waals surface area contributed by atoms with Crippen molar-refractivity contribution < 1.29 is 4.79 Å². The Morgan fingerprint density at radius 2 is 2.16 bits per heavy atom. The quantitative estimate of drug-likeness (QED) is 0.839. The number of thioether (sulfide) groups is 1. The number of hydrogen-bond donors (Lipinski definition) is 0. The summed E-state index contributed by atoms with van der Waals surface area (Å²) in [7, 11) is 1.87. The topological polar surface area (TPSA) is 25.2 Å². The second-order valence-electron chi connectivity index (χ2n) is 4.86. The monoisotopic (exact) mass is 272 g/mol. The summed E-state index contributed by atoms with van der Waals surface area (Å²) in [5.41, 5.74) is 3.58. The number of carbonyl (C=O) groups excluding carboxylic acids is 1. The SMILES string of the molecule is Cc1cccc(-n2ccc(C3SCC(=O)N3C)c2)c1. The van der Waals surface area contributed by atoms with Gasteiger partial charge in [-0.15, -0.1) is 11.8 Å². The summed E-state index contributed by atoms with van der Waals surface area (Å²) < 4.78 is 2.11. The first-order valence-corrected chi connectivity index (χ1v) is 7.32. The Hall–Kier alpha value is -1.68. The second kappa shape index (κ2) is 4.78. The van der Waals surface area contributed by atoms with Crippen LogP contribution in [-0.2, 0) is 4.79 Å². The fourth-order valence-corrected chi connectivity index (χ4v) is 3.50. The van der Waals surface area contributed by atoms with Crippen LogP contribution in [0.25, 0.3) is 5.69 Å². The highest BCUT2D eigenvalue weighted by Crippen LogP contribution is 2.37. The average Bonchev–Trinajstić information content (AvgIpc) is 2.98. The van der Waals surface area contributed by atoms with Gasteiger partial charge in [0.25, 0.3) is 0 Å². The zero-order valence-electron chi connectivity index (χ0n) is 11.0. The van der Waals surface area contributed by atoms with E-state index in [-0.39, 0.29) is 11.3 Å². The van der Waals surface area contributed by atoms with Gasteiger partial charge in [0.2, 0.25) is 5.91 Å². The van der Waals surface area contributed by atoms with Gasteiger partial charge in [0.1, 0.15) is 5.37 Å². The molecular weight excluding hydrogens is 256 g/mol. The maximum Gasteiger partial charge on any atom is 0.233 e. The van der Waals surface area contributed by atoms with Crippen LogP contribution in [0.5, 0.6) is 0 Å². The van der Waals surface area contributed by atoms with Crippen LogP contribution in [0.1, 0.15) is 16.5 Å². The molecule has 2 heterocycles. The molecule has 1 unspecified atom stereocenters. The second-order valence-corrected chi connectivity index (χ2v) is 5.93. The minimum atomic E-state index is 0.151. The maximum absolute atomic E-state index is 11.6. The Bertz CT molecular complexity index is 620. The first-order chi connectivity index (χ1) is 9.15. The van der Waals surface area contributed by atoms with Crippen molar-refractivity contribution in [3.8, 4) is 5.69 Å². The molecule has 1 atom stereocenters. The van der Waals surface area contributed by atoms with Gasteiger partial charge in [-0.2, -0.15) is 0 Å². The van der Waals surface area contributed by atoms with Crippen LogP contribution in [0.15, 0.2) is 42.7 Å². The van der Waals surface area contributed by atoms with E-state index in [0.29, 0.717) is 5.75 Å². The molecule has 1 amide bonds. The Morgan fingerprint density at radius 3 is 2.84 bits per heavy atom. The molecule has 19 heavy (non-hydrogen) atoms. The smallest absolute Gasteiger partial charge is 0.233 e. The highest BCUT2D eigenvalue weighted by molar-refractivity contribution is 8.00. The molecular formula is C15H16N2OS. The summed E-state index contributed by atoms with van der Waals surface area (Å²) in [4.78, 5) is 13.4. The van der Waals surface area contributed by atoms with Gasteiger partial charge in [-0.3, -0.25) is 4.79 Å². The lowest BCUT2D eigenvalue weighted by Crippen LogP contribution is -2.22. The van der Waals surface area contributed by atoms with Crippen molar-refractivity contribution in [3.05, 3.63) is 53.9 Å². The molecule has 1 saturated heterocycles. The van der Waals surface area contributed by atoms with Crippen LogP contribution in [0.2, 0.25) is 0 Å². The lowest BCUT2D eigenvalue weighted by atomic mass is 10.2. The van der Waals surface area contributed by atoms with Gasteiger partial charge in [0.15, 0.2) is 0 Å². The van der Waals surface area contributed by atoms with Crippen LogP contribution in [0.3, 0.4) is 0 Å². The van der Waals surface area contributed by atoms with Crippen molar-refractivity contribution in [1.82, 2.24) is 9.47 Å². The molecule has 0 radical (unpaired) electrons. The molecule has 98 valence electrons. The number of carbonyl (C=O) groups is 1. The summed E-state index contributed by atoms with van der Waals surface area (Å²) in [6.45, 7) is 2.09. The van der Waals surface area contributed by atoms with Crippen molar-refractivity contribution in [2.75, 3.05) is 12.8 Å². The first kappa shape index (κ1) is 12.4. The van der Waals surface area contributed by atoms with E-state index >= 15 is 0 Å². The summed E-state index contributed by atoms with van der Waals surface area (Å²) >= 11 is 1.69. The summed E-state index contributed by atoms with van der Waals surface area (Å²) in [5, 5.41) is 0.151. The third-order valence-corrected chi connectivity index (χ3v) is 4.73. The molecule has 1 aliphatic heterocycles. The van der Waals surface area contributed by atoms with Crippen LogP contribution in [0, 0.1) is 6.92 Å². The summed E-state index contributed by atoms with van der Waals surface area (Å²) in [6.07, 6.45) is 4.17. The van der Waals surface area contributed by atoms with E-state index in [1.54, 1.807) is 11.8 Å². The maximum atomic E-state index is 11.6. The molecule has 1 aromatic carbocycles. The van der Waals surface area contributed by atoms with Gasteiger partial charge in [-0.05, 0) is 30.7 Å². The molecule has 1 aromatic heterocycles. The van der Waals surface area contributed by atoms with Crippen molar-refractivity contribution in [1.29, 1.82) is 0 Å². The van der Waals surface area contributed by atoms with Gasteiger partial charge in [0.05, 0.1) is 5.75 Å². The van der Waals surface area contributed by atoms with E-state index in [1.165, 1.54) is 11.1 Å². The molecule has 3 nitrogen and oxygen atoms in total. The number of aromatic nitrogens is 1. The lowest BCUT2D eigenvalue weighted by Gasteiger charge is -2.17. The third-order valence-electron chi connectivity index (χ3n) is 3.41. The number of nitrogens with zero attached hydrogens (tertiary/aromatic N) is 2. The molecule has 0 N–H and O–H groups in total. The zero-order valence-corrected chi connectivity index (χ0v) is 11.9. The fraction of sp³-hybridized carbons (Fsp3) is 0.267. The van der Waals surface area contributed by atoms with E-state index in [0.717, 1.165) is 5.69 Å². The fourth-order valence-electron chi connectivity index (χ4n) is 2.32. The minimum absolute atomic E-state index is 0.151. The highest BCUT2D eigenvalue weighted by atomic mass is 32.2. The Morgan fingerprint density at radius 1 is 1.32 bits per heavy atom. The standard InChI is InChI=1S/C15H16N2OS/c1-11-4-3-5-13(8-11)17-7-6-12(9-17)15-16(2)14(18)10-19-15/h3-9,15H,10H2,1-2H3. The van der Waals surface area contributed by atoms with E-state index in [4.69, 9.17) is 0 Å². The molecule has 1 fully saturated rings. The highest BCUT2D eigenvalue weighted by Gasteiger charge is 2.30. The minimum Gasteiger partial charge on any atom is -0.329 e. The van der Waals surface area contributed by atoms with Gasteiger partial charge in [0, 0.05) is 30.7 Å². The number of amides is 1. The summed E-state index contributed by atoms with van der Waals surface area (Å²) in [5.74, 6) is 0.787. The van der Waals surface area contributed by atoms with Gasteiger partial charge in [-0.1, -0.05) is 12.1 Å². The van der Waals surface area contributed by atoms with E-state index in [9.17, 15) is 4.79 Å². The summed E-state index contributed by atoms with van der Waals surface area (Å²) in [6, 6.07) is 10.5. The predicted octanol–water partition coefficient (Wildman–Crippen LogP) is 2.99. The number of aryl methyl sites for hydroxylation is 1. The normalized spacial score (nSPS) is 19.2. The van der Waals surface area contributed by atoms with Crippen molar-refractivity contribution in [2.24, 2.45) is 0 Å². The number of rotatable bonds is 2. The van der Waals surface area contributed by atoms with E-state index < -0.39 is 0 Å². The van der Waals surface area contributed by atoms with Crippen LogP contribution in [0.4, 0.5) is 0 Å². The first-order valence-electron chi connectivity index (χ1n) is 6.27. The van der Waals surface area contributed by atoms with Crippen molar-refractivity contribution in [2.45, 2.75) is 12.3 Å². The third kappa shape index (κ3) is 2.28. The predicted molar refractivity (Wildman–Crippen MR) is 78.5 cm³/mol. The number of benzene rings is 1. The molecule has 0 aliphatic carbocycles. The Balaban J connectivity index is 1.90. The lowest BCUT2D eigenvalue weighted by molar-refractivity contribution is -0.126. The number of hydrogen-bond acceptors (Lipinski definition) is 2. The van der Waals surface area contributed by atoms with Gasteiger partial charge in [-0.25, -0.2) is 0 Å². The Kier molecular flexibility index (Phi) is 3.11. The molecule has 0 spiro atoms. The van der Waals surface area contributed by atoms with E-state index in [2.05, 4.69) is 54.2 Å². The van der Waals surface area contributed by atoms with Gasteiger partial charge >= 0.3 is 0 Å². The molecule has 3 rings (SSSR count). The molecule has 0 saturated carbocycles. The molecule has 0 bridgehead atoms. The van der Waals surface area contributed by atoms with Gasteiger partial charge < -0.3 is 9.47 Å². The van der Waals surface area contributed by atoms with Crippen LogP contribution >= 0.6 is 11.8 Å². The molecule has 1 aliphatic rings. The zero-order chi connectivity index (χ0) is 13.4. The van der Waals surface area contributed by atoms with E-state index in [1.807, 2.05) is 11.9 Å². The van der Waals surface area contributed by atoms with Crippen molar-refractivity contribution in [3.63, 3.8) is 0 Å². The molecule has 2 aromatic rings. The van der Waals surface area contributed by atoms with Crippen LogP contribution < -0.4 is 0 Å². The van der Waals surface area contributed by atoms with Crippen LogP contribution in [-0.4, -0.2) is 28.2 Å². The Labute approximate surface area is 117 Å². The molecule has 4 heteroatoms. The average molecular weight is 272 g/mol.